The van der Waals surface area contributed by atoms with Crippen LogP contribution in [0.1, 0.15) is 19.8 Å². The monoisotopic (exact) mass is 398 g/mol. The number of ether oxygens (including phenoxy) is 2. The fourth-order valence-electron chi connectivity index (χ4n) is 2.81. The van der Waals surface area contributed by atoms with Crippen molar-refractivity contribution in [3.8, 4) is 11.5 Å². The molecule has 0 spiro atoms. The van der Waals surface area contributed by atoms with Crippen molar-refractivity contribution < 1.29 is 17.9 Å². The number of hydrogen-bond acceptors (Lipinski definition) is 5. The van der Waals surface area contributed by atoms with Crippen molar-refractivity contribution in [2.75, 3.05) is 27.3 Å². The fourth-order valence-corrected chi connectivity index (χ4v) is 4.79. The van der Waals surface area contributed by atoms with Gasteiger partial charge in [-0.3, -0.25) is 0 Å². The number of nitrogens with two attached hydrogens (primary N) is 1. The molecule has 0 radical (unpaired) electrons. The van der Waals surface area contributed by atoms with E-state index in [1.807, 2.05) is 6.92 Å². The maximum Gasteiger partial charge on any atom is 0.244 e. The van der Waals surface area contributed by atoms with Crippen LogP contribution >= 0.6 is 24.0 Å². The van der Waals surface area contributed by atoms with Crippen LogP contribution in [0, 0.1) is 5.92 Å². The Bertz CT molecular complexity index is 660. The van der Waals surface area contributed by atoms with Gasteiger partial charge in [-0.05, 0) is 25.7 Å². The van der Waals surface area contributed by atoms with Crippen molar-refractivity contribution in [3.63, 3.8) is 0 Å². The van der Waals surface area contributed by atoms with E-state index in [1.54, 1.807) is 0 Å². The van der Waals surface area contributed by atoms with E-state index in [-0.39, 0.29) is 28.4 Å². The van der Waals surface area contributed by atoms with E-state index < -0.39 is 10.0 Å². The van der Waals surface area contributed by atoms with Crippen LogP contribution in [0.5, 0.6) is 11.5 Å². The summed E-state index contributed by atoms with van der Waals surface area (Å²) in [4.78, 5) is 0.0380. The summed E-state index contributed by atoms with van der Waals surface area (Å²) in [6.45, 7) is 2.85. The number of halogens is 2. The largest absolute Gasteiger partial charge is 0.493 e. The highest BCUT2D eigenvalue weighted by molar-refractivity contribution is 7.89. The van der Waals surface area contributed by atoms with Gasteiger partial charge >= 0.3 is 0 Å². The first-order valence-electron chi connectivity index (χ1n) is 7.48. The van der Waals surface area contributed by atoms with Gasteiger partial charge in [0.2, 0.25) is 10.0 Å². The SMILES string of the molecule is COc1cc(Cl)c(S(=O)(=O)N2CCC(C(C)N)CC2)cc1OC.Cl. The number of sulfonamides is 1. The standard InChI is InChI=1S/C15H23ClN2O4S.ClH/c1-10(17)11-4-6-18(7-5-11)23(19,20)15-9-14(22-3)13(21-2)8-12(15)16;/h8-11H,4-7,17H2,1-3H3;1H. The van der Waals surface area contributed by atoms with Crippen LogP contribution in [-0.2, 0) is 10.0 Å². The Morgan fingerprint density at radius 1 is 1.21 bits per heavy atom. The van der Waals surface area contributed by atoms with Crippen LogP contribution in [0.15, 0.2) is 17.0 Å². The summed E-state index contributed by atoms with van der Waals surface area (Å²) in [6, 6.07) is 2.94. The molecule has 2 N–H and O–H groups in total. The quantitative estimate of drug-likeness (QED) is 0.823. The molecule has 1 aromatic rings. The zero-order valence-electron chi connectivity index (χ0n) is 14.0. The summed E-state index contributed by atoms with van der Waals surface area (Å²) in [5.41, 5.74) is 5.91. The fraction of sp³-hybridized carbons (Fsp3) is 0.600. The molecule has 0 saturated carbocycles. The number of methoxy groups -OCH3 is 2. The summed E-state index contributed by atoms with van der Waals surface area (Å²) in [6.07, 6.45) is 1.50. The van der Waals surface area contributed by atoms with Gasteiger partial charge < -0.3 is 15.2 Å². The van der Waals surface area contributed by atoms with Gasteiger partial charge in [0.25, 0.3) is 0 Å². The zero-order valence-corrected chi connectivity index (χ0v) is 16.4. The van der Waals surface area contributed by atoms with Crippen molar-refractivity contribution >= 4 is 34.0 Å². The van der Waals surface area contributed by atoms with E-state index in [0.717, 1.165) is 12.8 Å². The highest BCUT2D eigenvalue weighted by Crippen LogP contribution is 2.37. The van der Waals surface area contributed by atoms with Gasteiger partial charge in [0, 0.05) is 31.3 Å². The second-order valence-corrected chi connectivity index (χ2v) is 8.05. The van der Waals surface area contributed by atoms with Crippen LogP contribution in [0.2, 0.25) is 5.02 Å². The molecule has 2 rings (SSSR count). The molecule has 1 aromatic carbocycles. The summed E-state index contributed by atoms with van der Waals surface area (Å²) < 4.78 is 37.5. The smallest absolute Gasteiger partial charge is 0.244 e. The van der Waals surface area contributed by atoms with Gasteiger partial charge in [-0.15, -0.1) is 12.4 Å². The van der Waals surface area contributed by atoms with E-state index in [4.69, 9.17) is 26.8 Å². The summed E-state index contributed by atoms with van der Waals surface area (Å²) >= 11 is 6.16. The molecule has 1 fully saturated rings. The lowest BCUT2D eigenvalue weighted by atomic mass is 9.92. The maximum atomic E-state index is 12.9. The first kappa shape index (κ1) is 21.3. The number of hydrogen-bond donors (Lipinski definition) is 1. The second kappa shape index (κ2) is 8.58. The Labute approximate surface area is 154 Å². The van der Waals surface area contributed by atoms with Gasteiger partial charge in [0.05, 0.1) is 19.2 Å². The van der Waals surface area contributed by atoms with Crippen molar-refractivity contribution in [1.82, 2.24) is 4.31 Å². The van der Waals surface area contributed by atoms with Crippen LogP contribution < -0.4 is 15.2 Å². The Balaban J connectivity index is 0.00000288. The van der Waals surface area contributed by atoms with Crippen LogP contribution in [0.4, 0.5) is 0 Å². The Morgan fingerprint density at radius 2 is 1.71 bits per heavy atom. The molecule has 1 atom stereocenters. The highest BCUT2D eigenvalue weighted by atomic mass is 35.5. The van der Waals surface area contributed by atoms with Gasteiger partial charge in [-0.1, -0.05) is 11.6 Å². The third-order valence-corrected chi connectivity index (χ3v) is 6.66. The molecule has 0 aliphatic carbocycles. The number of nitrogens with zero attached hydrogens (tertiary/aromatic N) is 1. The predicted molar refractivity (Wildman–Crippen MR) is 96.9 cm³/mol. The molecule has 0 amide bonds. The van der Waals surface area contributed by atoms with E-state index in [1.165, 1.54) is 30.7 Å². The predicted octanol–water partition coefficient (Wildman–Crippen LogP) is 2.53. The summed E-state index contributed by atoms with van der Waals surface area (Å²) in [5, 5.41) is 0.122. The molecule has 1 aliphatic heterocycles. The molecule has 138 valence electrons. The molecule has 1 aliphatic rings. The highest BCUT2D eigenvalue weighted by Gasteiger charge is 2.32. The lowest BCUT2D eigenvalue weighted by Crippen LogP contribution is -2.42. The minimum Gasteiger partial charge on any atom is -0.493 e. The zero-order chi connectivity index (χ0) is 17.2. The van der Waals surface area contributed by atoms with Crippen LogP contribution in [-0.4, -0.2) is 46.1 Å². The normalized spacial score (nSPS) is 17.9. The molecule has 24 heavy (non-hydrogen) atoms. The van der Waals surface area contributed by atoms with Crippen LogP contribution in [0.3, 0.4) is 0 Å². The van der Waals surface area contributed by atoms with Crippen molar-refractivity contribution in [1.29, 1.82) is 0 Å². The van der Waals surface area contributed by atoms with E-state index >= 15 is 0 Å². The summed E-state index contributed by atoms with van der Waals surface area (Å²) in [7, 11) is -0.746. The Kier molecular flexibility index (Phi) is 7.62. The molecule has 9 heteroatoms. The molecule has 1 unspecified atom stereocenters. The first-order valence-corrected chi connectivity index (χ1v) is 9.30. The van der Waals surface area contributed by atoms with E-state index in [0.29, 0.717) is 30.5 Å². The number of piperidine rings is 1. The maximum absolute atomic E-state index is 12.9. The molecular formula is C15H24Cl2N2O4S. The molecular weight excluding hydrogens is 375 g/mol. The minimum absolute atomic E-state index is 0. The molecule has 1 heterocycles. The molecule has 0 aromatic heterocycles. The molecule has 0 bridgehead atoms. The van der Waals surface area contributed by atoms with Crippen molar-refractivity contribution in [3.05, 3.63) is 17.2 Å². The Morgan fingerprint density at radius 3 is 2.17 bits per heavy atom. The topological polar surface area (TPSA) is 81.9 Å². The van der Waals surface area contributed by atoms with E-state index in [9.17, 15) is 8.42 Å². The summed E-state index contributed by atoms with van der Waals surface area (Å²) in [5.74, 6) is 1.08. The third kappa shape index (κ3) is 4.26. The lowest BCUT2D eigenvalue weighted by molar-refractivity contribution is 0.250. The van der Waals surface area contributed by atoms with Crippen LogP contribution in [0.25, 0.3) is 0 Å². The number of rotatable bonds is 5. The second-order valence-electron chi connectivity index (χ2n) is 5.74. The lowest BCUT2D eigenvalue weighted by Gasteiger charge is -2.33. The van der Waals surface area contributed by atoms with Crippen molar-refractivity contribution in [2.24, 2.45) is 11.7 Å². The van der Waals surface area contributed by atoms with E-state index in [2.05, 4.69) is 0 Å². The minimum atomic E-state index is -3.67. The molecule has 6 nitrogen and oxygen atoms in total. The van der Waals surface area contributed by atoms with Gasteiger partial charge in [-0.2, -0.15) is 4.31 Å². The van der Waals surface area contributed by atoms with Gasteiger partial charge in [0.15, 0.2) is 11.5 Å². The van der Waals surface area contributed by atoms with Gasteiger partial charge in [-0.25, -0.2) is 8.42 Å². The molecule has 1 saturated heterocycles. The van der Waals surface area contributed by atoms with Crippen molar-refractivity contribution in [2.45, 2.75) is 30.7 Å². The first-order chi connectivity index (χ1) is 10.8. The van der Waals surface area contributed by atoms with Gasteiger partial charge in [0.1, 0.15) is 4.90 Å². The average molecular weight is 399 g/mol. The third-order valence-electron chi connectivity index (χ3n) is 4.30. The number of benzene rings is 1. The average Bonchev–Trinajstić information content (AvgIpc) is 2.54. The Hall–Kier alpha value is -0.730.